The number of carbonyl (C=O) groups excluding carboxylic acids is 2. The molecule has 0 spiro atoms. The monoisotopic (exact) mass is 492 g/mol. The number of amides is 2. The van der Waals surface area contributed by atoms with E-state index < -0.39 is 23.3 Å². The third kappa shape index (κ3) is 7.06. The molecule has 0 aliphatic rings. The first-order chi connectivity index (χ1) is 14.4. The molecular formula is C24H30BrFN2O3. The van der Waals surface area contributed by atoms with Gasteiger partial charge in [0, 0.05) is 22.1 Å². The number of halogens is 2. The molecule has 31 heavy (non-hydrogen) atoms. The molecular weight excluding hydrogens is 463 g/mol. The highest BCUT2D eigenvalue weighted by Crippen LogP contribution is 2.26. The Kier molecular flexibility index (Phi) is 8.23. The van der Waals surface area contributed by atoms with Gasteiger partial charge in [0.05, 0.1) is 0 Å². The maximum absolute atomic E-state index is 14.3. The van der Waals surface area contributed by atoms with Crippen LogP contribution in [0, 0.1) is 19.7 Å². The average Bonchev–Trinajstić information content (AvgIpc) is 2.67. The Bertz CT molecular complexity index is 933. The van der Waals surface area contributed by atoms with Gasteiger partial charge in [0.1, 0.15) is 17.6 Å². The summed E-state index contributed by atoms with van der Waals surface area (Å²) in [5, 5.41) is 2.88. The molecule has 2 amide bonds. The highest BCUT2D eigenvalue weighted by molar-refractivity contribution is 9.10. The molecule has 2 rings (SSSR count). The molecule has 0 bridgehead atoms. The summed E-state index contributed by atoms with van der Waals surface area (Å²) in [6, 6.07) is 9.09. The van der Waals surface area contributed by atoms with Gasteiger partial charge in [-0.05, 0) is 70.9 Å². The van der Waals surface area contributed by atoms with Crippen molar-refractivity contribution in [2.24, 2.45) is 0 Å². The van der Waals surface area contributed by atoms with Crippen molar-refractivity contribution >= 4 is 27.7 Å². The van der Waals surface area contributed by atoms with Gasteiger partial charge in [-0.15, -0.1) is 0 Å². The topological polar surface area (TPSA) is 58.6 Å². The minimum Gasteiger partial charge on any atom is -0.484 e. The van der Waals surface area contributed by atoms with E-state index in [9.17, 15) is 14.0 Å². The van der Waals surface area contributed by atoms with Crippen LogP contribution < -0.4 is 10.1 Å². The van der Waals surface area contributed by atoms with Crippen LogP contribution in [-0.4, -0.2) is 34.9 Å². The van der Waals surface area contributed by atoms with E-state index in [1.165, 1.54) is 11.0 Å². The number of benzene rings is 2. The summed E-state index contributed by atoms with van der Waals surface area (Å²) in [6.45, 7) is 10.8. The van der Waals surface area contributed by atoms with Crippen LogP contribution in [0.2, 0.25) is 0 Å². The van der Waals surface area contributed by atoms with Crippen molar-refractivity contribution < 1.29 is 18.7 Å². The zero-order valence-corrected chi connectivity index (χ0v) is 20.5. The third-order valence-electron chi connectivity index (χ3n) is 4.74. The van der Waals surface area contributed by atoms with Gasteiger partial charge in [0.15, 0.2) is 6.61 Å². The summed E-state index contributed by atoms with van der Waals surface area (Å²) in [5.74, 6) is -0.585. The number of hydrogen-bond acceptors (Lipinski definition) is 3. The Morgan fingerprint density at radius 3 is 2.29 bits per heavy atom. The van der Waals surface area contributed by atoms with Gasteiger partial charge in [-0.3, -0.25) is 9.59 Å². The van der Waals surface area contributed by atoms with Gasteiger partial charge in [0.25, 0.3) is 5.91 Å². The Balaban J connectivity index is 2.23. The van der Waals surface area contributed by atoms with Crippen LogP contribution in [0.15, 0.2) is 40.9 Å². The van der Waals surface area contributed by atoms with Crippen molar-refractivity contribution in [2.45, 2.75) is 59.7 Å². The van der Waals surface area contributed by atoms with Crippen molar-refractivity contribution in [3.8, 4) is 5.75 Å². The van der Waals surface area contributed by atoms with Crippen LogP contribution in [0.25, 0.3) is 0 Å². The molecule has 0 aromatic heterocycles. The van der Waals surface area contributed by atoms with E-state index in [2.05, 4.69) is 21.2 Å². The van der Waals surface area contributed by atoms with Crippen LogP contribution in [0.1, 0.15) is 44.4 Å². The molecule has 1 N–H and O–H groups in total. The van der Waals surface area contributed by atoms with Gasteiger partial charge in [-0.25, -0.2) is 4.39 Å². The number of nitrogens with zero attached hydrogens (tertiary/aromatic N) is 1. The molecule has 0 saturated carbocycles. The summed E-state index contributed by atoms with van der Waals surface area (Å²) >= 11 is 3.51. The Morgan fingerprint density at radius 2 is 1.74 bits per heavy atom. The lowest BCUT2D eigenvalue weighted by Crippen LogP contribution is -2.53. The molecule has 0 radical (unpaired) electrons. The number of aryl methyl sites for hydroxylation is 2. The van der Waals surface area contributed by atoms with Crippen LogP contribution >= 0.6 is 15.9 Å². The lowest BCUT2D eigenvalue weighted by molar-refractivity contribution is -0.142. The molecule has 0 saturated heterocycles. The molecule has 1 atom stereocenters. The lowest BCUT2D eigenvalue weighted by atomic mass is 10.1. The minimum atomic E-state index is -0.802. The highest BCUT2D eigenvalue weighted by Gasteiger charge is 2.29. The van der Waals surface area contributed by atoms with E-state index in [-0.39, 0.29) is 19.1 Å². The Morgan fingerprint density at radius 1 is 1.16 bits per heavy atom. The predicted octanol–water partition coefficient (Wildman–Crippen LogP) is 4.92. The largest absolute Gasteiger partial charge is 0.484 e. The van der Waals surface area contributed by atoms with Crippen LogP contribution in [0.5, 0.6) is 5.75 Å². The third-order valence-corrected chi connectivity index (χ3v) is 5.99. The molecule has 5 nitrogen and oxygen atoms in total. The maximum atomic E-state index is 14.3. The fourth-order valence-corrected chi connectivity index (χ4v) is 3.31. The van der Waals surface area contributed by atoms with Crippen molar-refractivity contribution in [1.82, 2.24) is 10.2 Å². The fourth-order valence-electron chi connectivity index (χ4n) is 3.08. The van der Waals surface area contributed by atoms with Crippen molar-refractivity contribution in [2.75, 3.05) is 6.61 Å². The number of ether oxygens (including phenoxy) is 1. The standard InChI is InChI=1S/C24H30BrFN2O3/c1-15-11-19(12-16(2)22(15)25)31-14-21(29)28(13-18-9-7-8-10-20(18)26)17(3)23(30)27-24(4,5)6/h7-12,17H,13-14H2,1-6H3,(H,27,30)/t17-/m1/s1. The SMILES string of the molecule is Cc1cc(OCC(=O)N(Cc2ccccc2F)[C@H](C)C(=O)NC(C)(C)C)cc(C)c1Br. The Hall–Kier alpha value is -2.41. The second-order valence-electron chi connectivity index (χ2n) is 8.69. The number of rotatable bonds is 7. The normalized spacial score (nSPS) is 12.3. The maximum Gasteiger partial charge on any atom is 0.261 e. The van der Waals surface area contributed by atoms with Crippen molar-refractivity contribution in [1.29, 1.82) is 0 Å². The molecule has 0 aliphatic carbocycles. The van der Waals surface area contributed by atoms with Crippen LogP contribution in [0.4, 0.5) is 4.39 Å². The molecule has 168 valence electrons. The summed E-state index contributed by atoms with van der Waals surface area (Å²) in [6.07, 6.45) is 0. The highest BCUT2D eigenvalue weighted by atomic mass is 79.9. The average molecular weight is 493 g/mol. The lowest BCUT2D eigenvalue weighted by Gasteiger charge is -2.31. The van der Waals surface area contributed by atoms with Gasteiger partial charge in [-0.2, -0.15) is 0 Å². The van der Waals surface area contributed by atoms with E-state index in [1.807, 2.05) is 46.8 Å². The van der Waals surface area contributed by atoms with E-state index >= 15 is 0 Å². The molecule has 0 aliphatic heterocycles. The minimum absolute atomic E-state index is 0.0357. The fraction of sp³-hybridized carbons (Fsp3) is 0.417. The van der Waals surface area contributed by atoms with Crippen molar-refractivity contribution in [3.05, 3.63) is 63.4 Å². The van der Waals surface area contributed by atoms with Crippen LogP contribution in [0.3, 0.4) is 0 Å². The van der Waals surface area contributed by atoms with Gasteiger partial charge < -0.3 is 15.0 Å². The molecule has 2 aromatic rings. The van der Waals surface area contributed by atoms with E-state index in [1.54, 1.807) is 25.1 Å². The quantitative estimate of drug-likeness (QED) is 0.596. The number of nitrogens with one attached hydrogen (secondary N) is 1. The second-order valence-corrected chi connectivity index (χ2v) is 9.48. The first-order valence-corrected chi connectivity index (χ1v) is 10.9. The van der Waals surface area contributed by atoms with E-state index in [0.717, 1.165) is 15.6 Å². The van der Waals surface area contributed by atoms with E-state index in [4.69, 9.17) is 4.74 Å². The van der Waals surface area contributed by atoms with Crippen LogP contribution in [-0.2, 0) is 16.1 Å². The zero-order chi connectivity index (χ0) is 23.3. The summed E-state index contributed by atoms with van der Waals surface area (Å²) in [5.41, 5.74) is 1.86. The molecule has 0 heterocycles. The zero-order valence-electron chi connectivity index (χ0n) is 18.9. The smallest absolute Gasteiger partial charge is 0.261 e. The number of hydrogen-bond donors (Lipinski definition) is 1. The second kappa shape index (κ2) is 10.3. The molecule has 7 heteroatoms. The summed E-state index contributed by atoms with van der Waals surface area (Å²) in [4.78, 5) is 27.2. The predicted molar refractivity (Wildman–Crippen MR) is 123 cm³/mol. The molecule has 0 fully saturated rings. The van der Waals surface area contributed by atoms with Gasteiger partial charge in [0.2, 0.25) is 5.91 Å². The van der Waals surface area contributed by atoms with Crippen molar-refractivity contribution in [3.63, 3.8) is 0 Å². The molecule has 2 aromatic carbocycles. The summed E-state index contributed by atoms with van der Waals surface area (Å²) < 4.78 is 21.0. The first-order valence-electron chi connectivity index (χ1n) is 10.1. The van der Waals surface area contributed by atoms with Gasteiger partial charge in [-0.1, -0.05) is 34.1 Å². The number of carbonyl (C=O) groups is 2. The van der Waals surface area contributed by atoms with Gasteiger partial charge >= 0.3 is 0 Å². The Labute approximate surface area is 192 Å². The first kappa shape index (κ1) is 24.9. The molecule has 0 unspecified atom stereocenters. The summed E-state index contributed by atoms with van der Waals surface area (Å²) in [7, 11) is 0. The van der Waals surface area contributed by atoms with E-state index in [0.29, 0.717) is 11.3 Å².